The lowest BCUT2D eigenvalue weighted by atomic mass is 9.92. The van der Waals surface area contributed by atoms with Gasteiger partial charge in [-0.05, 0) is 17.7 Å². The standard InChI is InChI=1S/C18H16N2O2/c21-14-6-7-15-16(20-9-8-19-12-20)11-17(22-18(15)10-14)13-4-2-1-3-5-13/h1-10,12,16-17,21H,11H2. The number of aromatic nitrogens is 2. The van der Waals surface area contributed by atoms with Gasteiger partial charge in [0.1, 0.15) is 17.6 Å². The molecule has 1 N–H and O–H groups in total. The number of fused-ring (bicyclic) bond motifs is 1. The van der Waals surface area contributed by atoms with Gasteiger partial charge in [-0.15, -0.1) is 0 Å². The van der Waals surface area contributed by atoms with Crippen molar-refractivity contribution in [1.82, 2.24) is 9.55 Å². The van der Waals surface area contributed by atoms with Crippen molar-refractivity contribution < 1.29 is 9.84 Å². The van der Waals surface area contributed by atoms with E-state index >= 15 is 0 Å². The Morgan fingerprint density at radius 3 is 2.77 bits per heavy atom. The average molecular weight is 292 g/mol. The van der Waals surface area contributed by atoms with Crippen LogP contribution in [-0.2, 0) is 0 Å². The van der Waals surface area contributed by atoms with Crippen LogP contribution in [0, 0.1) is 0 Å². The second-order valence-electron chi connectivity index (χ2n) is 5.50. The Kier molecular flexibility index (Phi) is 3.07. The average Bonchev–Trinajstić information content (AvgIpc) is 3.08. The van der Waals surface area contributed by atoms with Gasteiger partial charge in [0.15, 0.2) is 0 Å². The summed E-state index contributed by atoms with van der Waals surface area (Å²) < 4.78 is 8.22. The molecule has 1 aliphatic rings. The summed E-state index contributed by atoms with van der Waals surface area (Å²) in [5.41, 5.74) is 2.21. The van der Waals surface area contributed by atoms with Crippen LogP contribution in [0.2, 0.25) is 0 Å². The van der Waals surface area contributed by atoms with Gasteiger partial charge < -0.3 is 14.4 Å². The SMILES string of the molecule is Oc1ccc2c(c1)OC(c1ccccc1)CC2n1ccnc1. The van der Waals surface area contributed by atoms with Gasteiger partial charge in [0.25, 0.3) is 0 Å². The number of aromatic hydroxyl groups is 1. The molecule has 4 rings (SSSR count). The van der Waals surface area contributed by atoms with Gasteiger partial charge in [-0.3, -0.25) is 0 Å². The summed E-state index contributed by atoms with van der Waals surface area (Å²) in [6, 6.07) is 15.6. The maximum absolute atomic E-state index is 9.76. The van der Waals surface area contributed by atoms with E-state index in [9.17, 15) is 5.11 Å². The van der Waals surface area contributed by atoms with Crippen molar-refractivity contribution in [1.29, 1.82) is 0 Å². The number of benzene rings is 2. The van der Waals surface area contributed by atoms with Gasteiger partial charge in [0.2, 0.25) is 0 Å². The predicted octanol–water partition coefficient (Wildman–Crippen LogP) is 3.70. The van der Waals surface area contributed by atoms with Crippen molar-refractivity contribution in [3.05, 3.63) is 78.4 Å². The van der Waals surface area contributed by atoms with E-state index in [1.54, 1.807) is 18.3 Å². The minimum atomic E-state index is -0.0390. The lowest BCUT2D eigenvalue weighted by Crippen LogP contribution is -2.23. The summed E-state index contributed by atoms with van der Waals surface area (Å²) in [6.07, 6.45) is 6.37. The molecule has 2 atom stereocenters. The van der Waals surface area contributed by atoms with E-state index in [-0.39, 0.29) is 17.9 Å². The van der Waals surface area contributed by atoms with Crippen molar-refractivity contribution in [3.8, 4) is 11.5 Å². The van der Waals surface area contributed by atoms with Crippen LogP contribution in [0.15, 0.2) is 67.3 Å². The van der Waals surface area contributed by atoms with Gasteiger partial charge in [-0.2, -0.15) is 0 Å². The first kappa shape index (κ1) is 13.0. The van der Waals surface area contributed by atoms with Gasteiger partial charge in [-0.1, -0.05) is 30.3 Å². The molecule has 0 radical (unpaired) electrons. The number of hydrogen-bond acceptors (Lipinski definition) is 3. The first-order valence-electron chi connectivity index (χ1n) is 7.33. The van der Waals surface area contributed by atoms with Crippen LogP contribution in [-0.4, -0.2) is 14.7 Å². The predicted molar refractivity (Wildman–Crippen MR) is 82.9 cm³/mol. The van der Waals surface area contributed by atoms with Crippen LogP contribution in [0.25, 0.3) is 0 Å². The molecule has 4 heteroatoms. The zero-order valence-electron chi connectivity index (χ0n) is 12.0. The van der Waals surface area contributed by atoms with Crippen molar-refractivity contribution in [2.75, 3.05) is 0 Å². The molecule has 0 bridgehead atoms. The van der Waals surface area contributed by atoms with E-state index in [4.69, 9.17) is 4.74 Å². The van der Waals surface area contributed by atoms with Crippen LogP contribution in [0.4, 0.5) is 0 Å². The minimum absolute atomic E-state index is 0.0390. The summed E-state index contributed by atoms with van der Waals surface area (Å²) in [6.45, 7) is 0. The first-order valence-corrected chi connectivity index (χ1v) is 7.33. The zero-order valence-corrected chi connectivity index (χ0v) is 12.0. The summed E-state index contributed by atoms with van der Waals surface area (Å²) in [7, 11) is 0. The molecule has 0 saturated heterocycles. The maximum Gasteiger partial charge on any atom is 0.129 e. The Bertz CT molecular complexity index is 769. The molecule has 1 aromatic heterocycles. The molecule has 0 amide bonds. The first-order chi connectivity index (χ1) is 10.8. The number of ether oxygens (including phenoxy) is 1. The molecular formula is C18H16N2O2. The molecule has 0 aliphatic carbocycles. The van der Waals surface area contributed by atoms with E-state index in [0.717, 1.165) is 23.3 Å². The van der Waals surface area contributed by atoms with E-state index in [2.05, 4.69) is 21.7 Å². The molecule has 3 aromatic rings. The number of phenolic OH excluding ortho intramolecular Hbond substituents is 1. The molecule has 1 aliphatic heterocycles. The smallest absolute Gasteiger partial charge is 0.129 e. The Morgan fingerprint density at radius 1 is 1.14 bits per heavy atom. The fourth-order valence-corrected chi connectivity index (χ4v) is 3.04. The third kappa shape index (κ3) is 2.22. The van der Waals surface area contributed by atoms with Crippen LogP contribution in [0.3, 0.4) is 0 Å². The zero-order chi connectivity index (χ0) is 14.9. The van der Waals surface area contributed by atoms with Crippen molar-refractivity contribution in [3.63, 3.8) is 0 Å². The molecule has 2 heterocycles. The van der Waals surface area contributed by atoms with Gasteiger partial charge in [0, 0.05) is 30.4 Å². The second kappa shape index (κ2) is 5.22. The van der Waals surface area contributed by atoms with E-state index in [1.165, 1.54) is 0 Å². The van der Waals surface area contributed by atoms with Gasteiger partial charge in [0.05, 0.1) is 12.4 Å². The van der Waals surface area contributed by atoms with Crippen LogP contribution >= 0.6 is 0 Å². The van der Waals surface area contributed by atoms with E-state index < -0.39 is 0 Å². The third-order valence-corrected chi connectivity index (χ3v) is 4.12. The molecule has 0 saturated carbocycles. The number of hydrogen-bond donors (Lipinski definition) is 1. The van der Waals surface area contributed by atoms with Crippen LogP contribution in [0.5, 0.6) is 11.5 Å². The van der Waals surface area contributed by atoms with Crippen LogP contribution in [0.1, 0.15) is 29.7 Å². The highest BCUT2D eigenvalue weighted by molar-refractivity contribution is 5.44. The maximum atomic E-state index is 9.76. The fraction of sp³-hybridized carbons (Fsp3) is 0.167. The molecule has 110 valence electrons. The molecule has 22 heavy (non-hydrogen) atoms. The molecule has 2 aromatic carbocycles. The van der Waals surface area contributed by atoms with Crippen molar-refractivity contribution in [2.45, 2.75) is 18.6 Å². The molecule has 4 nitrogen and oxygen atoms in total. The lowest BCUT2D eigenvalue weighted by molar-refractivity contribution is 0.152. The summed E-state index contributed by atoms with van der Waals surface area (Å²) in [4.78, 5) is 4.16. The van der Waals surface area contributed by atoms with Crippen LogP contribution < -0.4 is 4.74 Å². The topological polar surface area (TPSA) is 47.3 Å². The Hall–Kier alpha value is -2.75. The molecule has 0 fully saturated rings. The Balaban J connectivity index is 1.79. The highest BCUT2D eigenvalue weighted by Crippen LogP contribution is 2.43. The third-order valence-electron chi connectivity index (χ3n) is 4.12. The van der Waals surface area contributed by atoms with Gasteiger partial charge in [-0.25, -0.2) is 4.98 Å². The molecule has 0 spiro atoms. The van der Waals surface area contributed by atoms with E-state index in [0.29, 0.717) is 0 Å². The lowest BCUT2D eigenvalue weighted by Gasteiger charge is -2.33. The number of phenols is 1. The highest BCUT2D eigenvalue weighted by atomic mass is 16.5. The monoisotopic (exact) mass is 292 g/mol. The summed E-state index contributed by atoms with van der Waals surface area (Å²) in [5, 5.41) is 9.76. The summed E-state index contributed by atoms with van der Waals surface area (Å²) in [5.74, 6) is 0.954. The number of nitrogens with zero attached hydrogens (tertiary/aromatic N) is 2. The molecular weight excluding hydrogens is 276 g/mol. The van der Waals surface area contributed by atoms with Gasteiger partial charge >= 0.3 is 0 Å². The fourth-order valence-electron chi connectivity index (χ4n) is 3.04. The largest absolute Gasteiger partial charge is 0.508 e. The Morgan fingerprint density at radius 2 is 2.00 bits per heavy atom. The summed E-state index contributed by atoms with van der Waals surface area (Å²) >= 11 is 0. The molecule has 2 unspecified atom stereocenters. The minimum Gasteiger partial charge on any atom is -0.508 e. The number of imidazole rings is 1. The number of rotatable bonds is 2. The quantitative estimate of drug-likeness (QED) is 0.783. The normalized spacial score (nSPS) is 20.2. The van der Waals surface area contributed by atoms with Crippen molar-refractivity contribution in [2.24, 2.45) is 0 Å². The van der Waals surface area contributed by atoms with Crippen molar-refractivity contribution >= 4 is 0 Å². The second-order valence-corrected chi connectivity index (χ2v) is 5.50. The van der Waals surface area contributed by atoms with E-state index in [1.807, 2.05) is 36.8 Å². The highest BCUT2D eigenvalue weighted by Gasteiger charge is 2.30. The Labute approximate surface area is 128 Å².